The molecule has 25 heavy (non-hydrogen) atoms. The van der Waals surface area contributed by atoms with E-state index < -0.39 is 4.92 Å². The number of non-ortho nitro benzene ring substituents is 1. The molecule has 1 amide bonds. The minimum Gasteiger partial charge on any atom is -0.345 e. The van der Waals surface area contributed by atoms with E-state index in [0.29, 0.717) is 10.3 Å². The van der Waals surface area contributed by atoms with E-state index in [4.69, 9.17) is 0 Å². The average molecular weight is 372 g/mol. The Morgan fingerprint density at radius 2 is 1.92 bits per heavy atom. The van der Waals surface area contributed by atoms with Gasteiger partial charge < -0.3 is 5.32 Å². The maximum absolute atomic E-state index is 12.5. The molecule has 3 aromatic rings. The van der Waals surface area contributed by atoms with Gasteiger partial charge in [-0.15, -0.1) is 23.1 Å². The highest BCUT2D eigenvalue weighted by Crippen LogP contribution is 2.29. The molecule has 0 saturated heterocycles. The number of nitro benzene ring substituents is 1. The van der Waals surface area contributed by atoms with Crippen LogP contribution in [0.5, 0.6) is 0 Å². The van der Waals surface area contributed by atoms with Gasteiger partial charge in [0.05, 0.1) is 15.8 Å². The number of hydrogen-bond acceptors (Lipinski definition) is 5. The summed E-state index contributed by atoms with van der Waals surface area (Å²) in [5, 5.41) is 14.6. The molecule has 1 unspecified atom stereocenters. The van der Waals surface area contributed by atoms with Crippen LogP contribution in [0.25, 0.3) is 10.1 Å². The molecule has 0 fully saturated rings. The summed E-state index contributed by atoms with van der Waals surface area (Å²) in [6.45, 7) is 1.93. The molecule has 0 aliphatic heterocycles. The monoisotopic (exact) mass is 372 g/mol. The smallest absolute Gasteiger partial charge is 0.270 e. The molecule has 1 aromatic heterocycles. The van der Waals surface area contributed by atoms with E-state index in [2.05, 4.69) is 5.32 Å². The van der Waals surface area contributed by atoms with Crippen LogP contribution < -0.4 is 5.32 Å². The molecular formula is C18H16N2O3S2. The lowest BCUT2D eigenvalue weighted by atomic mass is 10.1. The van der Waals surface area contributed by atoms with Crippen molar-refractivity contribution in [3.8, 4) is 0 Å². The van der Waals surface area contributed by atoms with Gasteiger partial charge >= 0.3 is 0 Å². The van der Waals surface area contributed by atoms with E-state index in [0.717, 1.165) is 10.3 Å². The highest BCUT2D eigenvalue weighted by molar-refractivity contribution is 7.98. The number of carbonyl (C=O) groups excluding carboxylic acids is 1. The van der Waals surface area contributed by atoms with Crippen molar-refractivity contribution >= 4 is 44.8 Å². The fraction of sp³-hybridized carbons (Fsp3) is 0.167. The number of amides is 1. The molecule has 5 nitrogen and oxygen atoms in total. The van der Waals surface area contributed by atoms with Crippen LogP contribution in [-0.2, 0) is 0 Å². The van der Waals surface area contributed by atoms with Crippen molar-refractivity contribution in [2.24, 2.45) is 0 Å². The van der Waals surface area contributed by atoms with Crippen LogP contribution >= 0.6 is 23.1 Å². The zero-order chi connectivity index (χ0) is 18.0. The quantitative estimate of drug-likeness (QED) is 0.388. The van der Waals surface area contributed by atoms with Gasteiger partial charge in [0.2, 0.25) is 0 Å². The summed E-state index contributed by atoms with van der Waals surface area (Å²) in [5.74, 6) is -0.176. The second-order valence-corrected chi connectivity index (χ2v) is 7.52. The first-order valence-electron chi connectivity index (χ1n) is 7.60. The summed E-state index contributed by atoms with van der Waals surface area (Å²) in [5.41, 5.74) is 1.06. The second-order valence-electron chi connectivity index (χ2n) is 5.56. The van der Waals surface area contributed by atoms with Crippen molar-refractivity contribution in [1.29, 1.82) is 0 Å². The van der Waals surface area contributed by atoms with Gasteiger partial charge in [0.15, 0.2) is 0 Å². The van der Waals surface area contributed by atoms with Crippen molar-refractivity contribution in [3.63, 3.8) is 0 Å². The predicted molar refractivity (Wildman–Crippen MR) is 103 cm³/mol. The lowest BCUT2D eigenvalue weighted by Gasteiger charge is -2.14. The van der Waals surface area contributed by atoms with Gasteiger partial charge in [0.25, 0.3) is 11.6 Å². The third-order valence-electron chi connectivity index (χ3n) is 3.90. The third kappa shape index (κ3) is 3.83. The Bertz CT molecular complexity index is 935. The standard InChI is InChI=1S/C18H16N2O3S2/c1-11(12-3-6-15(24-2)7-4-12)19-18(21)17-10-13-9-14(20(22)23)5-8-16(13)25-17/h3-11H,1-2H3,(H,19,21). The van der Waals surface area contributed by atoms with Crippen LogP contribution in [0.2, 0.25) is 0 Å². The van der Waals surface area contributed by atoms with Gasteiger partial charge in [-0.25, -0.2) is 0 Å². The number of thioether (sulfide) groups is 1. The summed E-state index contributed by atoms with van der Waals surface area (Å²) >= 11 is 3.00. The molecule has 1 N–H and O–H groups in total. The Morgan fingerprint density at radius 1 is 1.20 bits per heavy atom. The summed E-state index contributed by atoms with van der Waals surface area (Å²) in [4.78, 5) is 24.6. The Balaban J connectivity index is 1.77. The molecule has 1 atom stereocenters. The van der Waals surface area contributed by atoms with Crippen LogP contribution in [0.1, 0.15) is 28.2 Å². The molecule has 0 radical (unpaired) electrons. The molecule has 0 bridgehead atoms. The first-order chi connectivity index (χ1) is 12.0. The summed E-state index contributed by atoms with van der Waals surface area (Å²) in [6.07, 6.45) is 2.02. The van der Waals surface area contributed by atoms with E-state index in [1.165, 1.54) is 28.4 Å². The number of thiophene rings is 1. The van der Waals surface area contributed by atoms with E-state index in [1.54, 1.807) is 23.9 Å². The summed E-state index contributed by atoms with van der Waals surface area (Å²) in [7, 11) is 0. The summed E-state index contributed by atoms with van der Waals surface area (Å²) in [6, 6.07) is 14.3. The number of rotatable bonds is 5. The normalized spacial score (nSPS) is 12.1. The van der Waals surface area contributed by atoms with Crippen LogP contribution in [-0.4, -0.2) is 17.1 Å². The Hall–Kier alpha value is -2.38. The zero-order valence-electron chi connectivity index (χ0n) is 13.7. The Labute approximate surface area is 153 Å². The van der Waals surface area contributed by atoms with Gasteiger partial charge in [0.1, 0.15) is 0 Å². The number of fused-ring (bicyclic) bond motifs is 1. The lowest BCUT2D eigenvalue weighted by molar-refractivity contribution is -0.384. The van der Waals surface area contributed by atoms with Crippen LogP contribution in [0.4, 0.5) is 5.69 Å². The number of nitrogens with zero attached hydrogens (tertiary/aromatic N) is 1. The van der Waals surface area contributed by atoms with Crippen molar-refractivity contribution in [3.05, 3.63) is 69.1 Å². The fourth-order valence-corrected chi connectivity index (χ4v) is 3.85. The molecule has 7 heteroatoms. The first kappa shape index (κ1) is 17.4. The fourth-order valence-electron chi connectivity index (χ4n) is 2.50. The second kappa shape index (κ2) is 7.25. The SMILES string of the molecule is CSc1ccc(C(C)NC(=O)c2cc3cc([N+](=O)[O-])ccc3s2)cc1. The van der Waals surface area contributed by atoms with Crippen molar-refractivity contribution in [1.82, 2.24) is 5.32 Å². The molecule has 0 spiro atoms. The van der Waals surface area contributed by atoms with Crippen molar-refractivity contribution < 1.29 is 9.72 Å². The minimum atomic E-state index is -0.433. The van der Waals surface area contributed by atoms with Crippen LogP contribution in [0.3, 0.4) is 0 Å². The molecule has 3 rings (SSSR count). The number of hydrogen-bond donors (Lipinski definition) is 1. The van der Waals surface area contributed by atoms with E-state index in [9.17, 15) is 14.9 Å². The van der Waals surface area contributed by atoms with E-state index in [-0.39, 0.29) is 17.6 Å². The van der Waals surface area contributed by atoms with E-state index >= 15 is 0 Å². The zero-order valence-corrected chi connectivity index (χ0v) is 15.3. The van der Waals surface area contributed by atoms with Crippen molar-refractivity contribution in [2.75, 3.05) is 6.26 Å². The minimum absolute atomic E-state index is 0.0273. The van der Waals surface area contributed by atoms with Gasteiger partial charge in [-0.3, -0.25) is 14.9 Å². The average Bonchev–Trinajstić information content (AvgIpc) is 3.05. The first-order valence-corrected chi connectivity index (χ1v) is 9.65. The van der Waals surface area contributed by atoms with Gasteiger partial charge in [-0.05, 0) is 43.0 Å². The highest BCUT2D eigenvalue weighted by Gasteiger charge is 2.16. The number of carbonyl (C=O) groups is 1. The van der Waals surface area contributed by atoms with E-state index in [1.807, 2.05) is 37.4 Å². The maximum atomic E-state index is 12.5. The molecule has 128 valence electrons. The molecular weight excluding hydrogens is 356 g/mol. The molecule has 0 aliphatic carbocycles. The van der Waals surface area contributed by atoms with Crippen LogP contribution in [0, 0.1) is 10.1 Å². The van der Waals surface area contributed by atoms with Gasteiger partial charge in [0, 0.05) is 27.1 Å². The Kier molecular flexibility index (Phi) is 5.06. The molecule has 0 saturated carbocycles. The number of nitrogens with one attached hydrogen (secondary N) is 1. The van der Waals surface area contributed by atoms with Gasteiger partial charge in [-0.1, -0.05) is 12.1 Å². The topological polar surface area (TPSA) is 72.2 Å². The maximum Gasteiger partial charge on any atom is 0.270 e. The predicted octanol–water partition coefficient (Wildman–Crippen LogP) is 5.02. The molecule has 0 aliphatic rings. The van der Waals surface area contributed by atoms with Gasteiger partial charge in [-0.2, -0.15) is 0 Å². The molecule has 2 aromatic carbocycles. The largest absolute Gasteiger partial charge is 0.345 e. The number of benzene rings is 2. The lowest BCUT2D eigenvalue weighted by Crippen LogP contribution is -2.25. The molecule has 1 heterocycles. The highest BCUT2D eigenvalue weighted by atomic mass is 32.2. The van der Waals surface area contributed by atoms with Crippen molar-refractivity contribution in [2.45, 2.75) is 17.9 Å². The third-order valence-corrected chi connectivity index (χ3v) is 5.76. The van der Waals surface area contributed by atoms with Crippen LogP contribution in [0.15, 0.2) is 53.4 Å². The number of nitro groups is 1. The summed E-state index contributed by atoms with van der Waals surface area (Å²) < 4.78 is 0.854. The Morgan fingerprint density at radius 3 is 2.56 bits per heavy atom.